The van der Waals surface area contributed by atoms with Crippen molar-refractivity contribution in [2.75, 3.05) is 61.0 Å². The minimum Gasteiger partial charge on any atom is -0.497 e. The van der Waals surface area contributed by atoms with Gasteiger partial charge in [0.15, 0.2) is 0 Å². The molecule has 0 aliphatic carbocycles. The van der Waals surface area contributed by atoms with Crippen LogP contribution in [0.5, 0.6) is 5.75 Å². The van der Waals surface area contributed by atoms with Crippen molar-refractivity contribution >= 4 is 17.7 Å². The van der Waals surface area contributed by atoms with E-state index in [9.17, 15) is 14.4 Å². The zero-order valence-electron chi connectivity index (χ0n) is 19.3. The number of imide groups is 1. The Morgan fingerprint density at radius 1 is 1.26 bits per heavy atom. The molecule has 0 saturated carbocycles. The summed E-state index contributed by atoms with van der Waals surface area (Å²) in [6.07, 6.45) is -0.0128. The summed E-state index contributed by atoms with van der Waals surface area (Å²) in [5.74, 6) is 0.000239. The van der Waals surface area contributed by atoms with Crippen LogP contribution in [0.1, 0.15) is 25.3 Å². The molecule has 0 spiro atoms. The second-order valence-corrected chi connectivity index (χ2v) is 8.99. The number of benzene rings is 1. The number of hydrogen-bond donors (Lipinski definition) is 0. The lowest BCUT2D eigenvalue weighted by Gasteiger charge is -2.39. The van der Waals surface area contributed by atoms with E-state index in [4.69, 9.17) is 4.74 Å². The summed E-state index contributed by atoms with van der Waals surface area (Å²) in [6.45, 7) is 5.02. The first kappa shape index (κ1) is 23.2. The third kappa shape index (κ3) is 4.75. The zero-order chi connectivity index (χ0) is 22.8. The van der Waals surface area contributed by atoms with Gasteiger partial charge in [-0.25, -0.2) is 0 Å². The molecule has 2 aliphatic rings. The summed E-state index contributed by atoms with van der Waals surface area (Å²) in [5, 5.41) is 0. The van der Waals surface area contributed by atoms with Crippen molar-refractivity contribution in [2.24, 2.45) is 0 Å². The number of carbonyl (C=O) groups excluding carboxylic acids is 3. The van der Waals surface area contributed by atoms with Crippen LogP contribution in [-0.4, -0.2) is 104 Å². The Morgan fingerprint density at radius 2 is 2.00 bits per heavy atom. The van der Waals surface area contributed by atoms with E-state index in [0.717, 1.165) is 6.54 Å². The number of ether oxygens (including phenoxy) is 1. The maximum atomic E-state index is 13.7. The molecule has 1 aromatic rings. The first-order chi connectivity index (χ1) is 14.7. The topological polar surface area (TPSA) is 73.4 Å². The fourth-order valence-electron chi connectivity index (χ4n) is 4.36. The largest absolute Gasteiger partial charge is 0.497 e. The summed E-state index contributed by atoms with van der Waals surface area (Å²) in [6, 6.07) is 7.46. The Kier molecular flexibility index (Phi) is 7.01. The lowest BCUT2D eigenvalue weighted by molar-refractivity contribution is -0.143. The summed E-state index contributed by atoms with van der Waals surface area (Å²) in [4.78, 5) is 47.2. The molecule has 31 heavy (non-hydrogen) atoms. The predicted octanol–water partition coefficient (Wildman–Crippen LogP) is 0.806. The minimum absolute atomic E-state index is 0.00145. The standard InChI is InChI=1S/C23H34N4O4/c1-17-16-26(11-10-25(17)4)20(28)14-23(18-7-6-8-19(13-18)31-5)15-21(29)27(22(23)30)12-9-24(2)3/h6-8,13,17H,9-12,14-16H2,1-5H3/t17-,23-/m1/s1. The number of likely N-dealkylation sites (N-methyl/N-ethyl adjacent to an activating group) is 2. The Morgan fingerprint density at radius 3 is 2.65 bits per heavy atom. The number of likely N-dealkylation sites (tertiary alicyclic amines) is 1. The highest BCUT2D eigenvalue weighted by Crippen LogP contribution is 2.41. The summed E-state index contributed by atoms with van der Waals surface area (Å²) in [7, 11) is 7.41. The molecule has 1 aromatic carbocycles. The van der Waals surface area contributed by atoms with Crippen LogP contribution in [0.4, 0.5) is 0 Å². The normalized spacial score (nSPS) is 24.9. The molecule has 0 N–H and O–H groups in total. The molecule has 8 heteroatoms. The fraction of sp³-hybridized carbons (Fsp3) is 0.609. The molecular formula is C23H34N4O4. The SMILES string of the molecule is COc1cccc([C@@]2(CC(=O)N3CCN(C)[C@H](C)C3)CC(=O)N(CCN(C)C)C2=O)c1. The van der Waals surface area contributed by atoms with E-state index in [2.05, 4.69) is 11.8 Å². The van der Waals surface area contributed by atoms with E-state index in [0.29, 0.717) is 37.5 Å². The second-order valence-electron chi connectivity index (χ2n) is 8.99. The van der Waals surface area contributed by atoms with Gasteiger partial charge in [0, 0.05) is 51.6 Å². The number of hydrogen-bond acceptors (Lipinski definition) is 6. The average Bonchev–Trinajstić information content (AvgIpc) is 2.98. The van der Waals surface area contributed by atoms with E-state index in [-0.39, 0.29) is 36.6 Å². The quantitative estimate of drug-likeness (QED) is 0.596. The van der Waals surface area contributed by atoms with Crippen molar-refractivity contribution in [3.8, 4) is 5.75 Å². The third-order valence-electron chi connectivity index (χ3n) is 6.57. The van der Waals surface area contributed by atoms with E-state index < -0.39 is 5.41 Å². The second kappa shape index (κ2) is 9.36. The van der Waals surface area contributed by atoms with Crippen LogP contribution < -0.4 is 4.74 Å². The van der Waals surface area contributed by atoms with Crippen LogP contribution in [0.25, 0.3) is 0 Å². The summed E-state index contributed by atoms with van der Waals surface area (Å²) >= 11 is 0. The molecule has 2 heterocycles. The molecule has 2 aliphatic heterocycles. The van der Waals surface area contributed by atoms with Gasteiger partial charge in [0.1, 0.15) is 5.75 Å². The average molecular weight is 431 g/mol. The molecule has 3 rings (SSSR count). The van der Waals surface area contributed by atoms with Gasteiger partial charge in [-0.3, -0.25) is 19.3 Å². The smallest absolute Gasteiger partial charge is 0.240 e. The maximum Gasteiger partial charge on any atom is 0.240 e. The van der Waals surface area contributed by atoms with Gasteiger partial charge in [-0.1, -0.05) is 12.1 Å². The molecule has 2 fully saturated rings. The van der Waals surface area contributed by atoms with Gasteiger partial charge in [0.05, 0.1) is 12.5 Å². The van der Waals surface area contributed by atoms with Crippen LogP contribution in [0.2, 0.25) is 0 Å². The van der Waals surface area contributed by atoms with Gasteiger partial charge in [-0.2, -0.15) is 0 Å². The Bertz CT molecular complexity index is 843. The number of carbonyl (C=O) groups is 3. The van der Waals surface area contributed by atoms with Gasteiger partial charge in [0.25, 0.3) is 0 Å². The van der Waals surface area contributed by atoms with Crippen molar-refractivity contribution in [1.82, 2.24) is 19.6 Å². The number of nitrogens with zero attached hydrogens (tertiary/aromatic N) is 4. The Hall–Kier alpha value is -2.45. The van der Waals surface area contributed by atoms with Crippen molar-refractivity contribution in [3.63, 3.8) is 0 Å². The highest BCUT2D eigenvalue weighted by molar-refractivity contribution is 6.10. The maximum absolute atomic E-state index is 13.7. The van der Waals surface area contributed by atoms with Crippen LogP contribution in [0.3, 0.4) is 0 Å². The first-order valence-electron chi connectivity index (χ1n) is 10.8. The van der Waals surface area contributed by atoms with Gasteiger partial charge in [0.2, 0.25) is 17.7 Å². The number of piperazine rings is 1. The highest BCUT2D eigenvalue weighted by Gasteiger charge is 2.54. The summed E-state index contributed by atoms with van der Waals surface area (Å²) < 4.78 is 5.36. The van der Waals surface area contributed by atoms with Crippen LogP contribution in [-0.2, 0) is 19.8 Å². The molecule has 2 atom stereocenters. The summed E-state index contributed by atoms with van der Waals surface area (Å²) in [5.41, 5.74) is -0.533. The van der Waals surface area contributed by atoms with Gasteiger partial charge < -0.3 is 19.4 Å². The Balaban J connectivity index is 1.93. The van der Waals surface area contributed by atoms with E-state index in [1.807, 2.05) is 37.0 Å². The van der Waals surface area contributed by atoms with Crippen molar-refractivity contribution in [1.29, 1.82) is 0 Å². The van der Waals surface area contributed by atoms with E-state index in [1.165, 1.54) is 4.90 Å². The zero-order valence-corrected chi connectivity index (χ0v) is 19.3. The van der Waals surface area contributed by atoms with E-state index >= 15 is 0 Å². The predicted molar refractivity (Wildman–Crippen MR) is 118 cm³/mol. The van der Waals surface area contributed by atoms with Crippen molar-refractivity contribution in [2.45, 2.75) is 31.2 Å². The van der Waals surface area contributed by atoms with Crippen LogP contribution in [0.15, 0.2) is 24.3 Å². The highest BCUT2D eigenvalue weighted by atomic mass is 16.5. The van der Waals surface area contributed by atoms with Crippen molar-refractivity contribution < 1.29 is 19.1 Å². The van der Waals surface area contributed by atoms with Gasteiger partial charge in [-0.05, 0) is 45.8 Å². The molecule has 3 amide bonds. The lowest BCUT2D eigenvalue weighted by Crippen LogP contribution is -2.53. The number of methoxy groups -OCH3 is 1. The van der Waals surface area contributed by atoms with E-state index in [1.54, 1.807) is 25.3 Å². The first-order valence-corrected chi connectivity index (χ1v) is 10.8. The minimum atomic E-state index is -1.19. The lowest BCUT2D eigenvalue weighted by atomic mass is 9.75. The van der Waals surface area contributed by atoms with Crippen LogP contribution >= 0.6 is 0 Å². The molecule has 0 radical (unpaired) electrons. The molecule has 0 unspecified atom stereocenters. The fourth-order valence-corrected chi connectivity index (χ4v) is 4.36. The molecule has 2 saturated heterocycles. The van der Waals surface area contributed by atoms with Gasteiger partial charge in [-0.15, -0.1) is 0 Å². The number of rotatable bonds is 7. The molecule has 0 aromatic heterocycles. The third-order valence-corrected chi connectivity index (χ3v) is 6.57. The molecule has 170 valence electrons. The van der Waals surface area contributed by atoms with Crippen LogP contribution in [0, 0.1) is 0 Å². The van der Waals surface area contributed by atoms with Crippen molar-refractivity contribution in [3.05, 3.63) is 29.8 Å². The Labute approximate surface area is 184 Å². The molecular weight excluding hydrogens is 396 g/mol. The number of amides is 3. The molecule has 0 bridgehead atoms. The monoisotopic (exact) mass is 430 g/mol. The molecule has 8 nitrogen and oxygen atoms in total. The van der Waals surface area contributed by atoms with Gasteiger partial charge >= 0.3 is 0 Å².